The van der Waals surface area contributed by atoms with Gasteiger partial charge in [-0.3, -0.25) is 14.4 Å². The average molecular weight is 170 g/mol. The molecule has 0 bridgehead atoms. The zero-order chi connectivity index (χ0) is 8.43. The van der Waals surface area contributed by atoms with Crippen molar-refractivity contribution in [1.29, 1.82) is 0 Å². The highest BCUT2D eigenvalue weighted by atomic mass is 32.1. The molecule has 0 saturated heterocycles. The van der Waals surface area contributed by atoms with Crippen molar-refractivity contribution in [1.82, 2.24) is 4.57 Å². The van der Waals surface area contributed by atoms with E-state index in [1.54, 1.807) is 11.6 Å². The van der Waals surface area contributed by atoms with Gasteiger partial charge in [-0.05, 0) is 6.92 Å². The standard InChI is InChI=1S/C7H10N2OS/c1-5-4-11-7(8-3)9(5)6(2)10/h4H,1-3H3. The van der Waals surface area contributed by atoms with Crippen molar-refractivity contribution in [2.75, 3.05) is 7.05 Å². The van der Waals surface area contributed by atoms with Gasteiger partial charge in [0.1, 0.15) is 0 Å². The molecular weight excluding hydrogens is 160 g/mol. The second-order valence-electron chi connectivity index (χ2n) is 2.24. The maximum Gasteiger partial charge on any atom is 0.229 e. The molecule has 1 heterocycles. The molecule has 1 aromatic rings. The van der Waals surface area contributed by atoms with Crippen LogP contribution < -0.4 is 4.80 Å². The number of rotatable bonds is 0. The fraction of sp³-hybridized carbons (Fsp3) is 0.429. The van der Waals surface area contributed by atoms with Gasteiger partial charge in [0, 0.05) is 25.0 Å². The van der Waals surface area contributed by atoms with E-state index in [-0.39, 0.29) is 5.91 Å². The monoisotopic (exact) mass is 170 g/mol. The van der Waals surface area contributed by atoms with Crippen LogP contribution in [0.1, 0.15) is 17.4 Å². The van der Waals surface area contributed by atoms with Crippen LogP contribution in [0.3, 0.4) is 0 Å². The number of hydrogen-bond donors (Lipinski definition) is 0. The first-order valence-corrected chi connectivity index (χ1v) is 4.15. The largest absolute Gasteiger partial charge is 0.274 e. The lowest BCUT2D eigenvalue weighted by Gasteiger charge is -1.96. The molecule has 1 rings (SSSR count). The van der Waals surface area contributed by atoms with Crippen molar-refractivity contribution in [3.63, 3.8) is 0 Å². The Bertz CT molecular complexity index is 334. The fourth-order valence-corrected chi connectivity index (χ4v) is 1.79. The van der Waals surface area contributed by atoms with E-state index >= 15 is 0 Å². The van der Waals surface area contributed by atoms with E-state index in [2.05, 4.69) is 4.99 Å². The highest BCUT2D eigenvalue weighted by molar-refractivity contribution is 7.07. The first-order valence-electron chi connectivity index (χ1n) is 3.27. The van der Waals surface area contributed by atoms with Crippen molar-refractivity contribution in [3.05, 3.63) is 15.9 Å². The molecule has 0 spiro atoms. The summed E-state index contributed by atoms with van der Waals surface area (Å²) in [5, 5.41) is 1.92. The summed E-state index contributed by atoms with van der Waals surface area (Å²) in [4.78, 5) is 15.7. The summed E-state index contributed by atoms with van der Waals surface area (Å²) >= 11 is 1.48. The summed E-state index contributed by atoms with van der Waals surface area (Å²) in [5.74, 6) is 0.0179. The Balaban J connectivity index is 3.42. The van der Waals surface area contributed by atoms with Gasteiger partial charge in [0.05, 0.1) is 0 Å². The maximum absolute atomic E-state index is 11.0. The normalized spacial score (nSPS) is 12.1. The molecule has 4 heteroatoms. The van der Waals surface area contributed by atoms with Gasteiger partial charge in [-0.1, -0.05) is 0 Å². The number of hydrogen-bond acceptors (Lipinski definition) is 3. The van der Waals surface area contributed by atoms with Crippen LogP contribution in [0, 0.1) is 6.92 Å². The van der Waals surface area contributed by atoms with Crippen molar-refractivity contribution in [2.24, 2.45) is 4.99 Å². The van der Waals surface area contributed by atoms with E-state index in [1.807, 2.05) is 12.3 Å². The Morgan fingerprint density at radius 1 is 1.73 bits per heavy atom. The molecule has 0 aliphatic heterocycles. The molecule has 0 aromatic carbocycles. The van der Waals surface area contributed by atoms with E-state index < -0.39 is 0 Å². The Hall–Kier alpha value is -0.900. The number of thiazole rings is 1. The van der Waals surface area contributed by atoms with Gasteiger partial charge < -0.3 is 0 Å². The van der Waals surface area contributed by atoms with E-state index in [4.69, 9.17) is 0 Å². The highest BCUT2D eigenvalue weighted by Crippen LogP contribution is 1.98. The Morgan fingerprint density at radius 2 is 2.36 bits per heavy atom. The first kappa shape index (κ1) is 8.20. The molecule has 0 atom stereocenters. The van der Waals surface area contributed by atoms with E-state index in [1.165, 1.54) is 18.3 Å². The lowest BCUT2D eigenvalue weighted by molar-refractivity contribution is 0.0931. The van der Waals surface area contributed by atoms with Crippen LogP contribution in [-0.4, -0.2) is 17.5 Å². The van der Waals surface area contributed by atoms with Crippen molar-refractivity contribution in [3.8, 4) is 0 Å². The summed E-state index contributed by atoms with van der Waals surface area (Å²) < 4.78 is 1.60. The minimum absolute atomic E-state index is 0.0179. The van der Waals surface area contributed by atoms with Crippen LogP contribution >= 0.6 is 11.3 Å². The molecule has 0 saturated carbocycles. The summed E-state index contributed by atoms with van der Waals surface area (Å²) in [6.07, 6.45) is 0. The summed E-state index contributed by atoms with van der Waals surface area (Å²) in [5.41, 5.74) is 0.947. The highest BCUT2D eigenvalue weighted by Gasteiger charge is 2.03. The number of carbonyl (C=O) groups excluding carboxylic acids is 1. The number of nitrogens with zero attached hydrogens (tertiary/aromatic N) is 2. The minimum Gasteiger partial charge on any atom is -0.274 e. The van der Waals surface area contributed by atoms with E-state index in [9.17, 15) is 4.79 Å². The van der Waals surface area contributed by atoms with Gasteiger partial charge in [0.15, 0.2) is 4.80 Å². The van der Waals surface area contributed by atoms with Crippen LogP contribution in [-0.2, 0) is 0 Å². The second kappa shape index (κ2) is 3.00. The van der Waals surface area contributed by atoms with Crippen molar-refractivity contribution < 1.29 is 4.79 Å². The summed E-state index contributed by atoms with van der Waals surface area (Å²) in [6.45, 7) is 3.43. The van der Waals surface area contributed by atoms with Gasteiger partial charge in [0.2, 0.25) is 5.91 Å². The molecule has 0 aliphatic carbocycles. The number of aryl methyl sites for hydroxylation is 1. The first-order chi connectivity index (χ1) is 5.16. The van der Waals surface area contributed by atoms with Gasteiger partial charge in [-0.15, -0.1) is 11.3 Å². The summed E-state index contributed by atoms with van der Waals surface area (Å²) in [7, 11) is 1.69. The van der Waals surface area contributed by atoms with Gasteiger partial charge in [-0.25, -0.2) is 0 Å². The molecule has 3 nitrogen and oxygen atoms in total. The van der Waals surface area contributed by atoms with E-state index in [0.717, 1.165) is 10.5 Å². The van der Waals surface area contributed by atoms with Crippen LogP contribution in [0.25, 0.3) is 0 Å². The molecule has 0 aliphatic rings. The Morgan fingerprint density at radius 3 is 2.73 bits per heavy atom. The SMILES string of the molecule is CN=c1scc(C)n1C(C)=O. The Kier molecular flexibility index (Phi) is 2.24. The molecular formula is C7H10N2OS. The molecule has 0 radical (unpaired) electrons. The van der Waals surface area contributed by atoms with Crippen LogP contribution in [0.2, 0.25) is 0 Å². The molecule has 11 heavy (non-hydrogen) atoms. The van der Waals surface area contributed by atoms with Crippen LogP contribution in [0.5, 0.6) is 0 Å². The summed E-state index contributed by atoms with van der Waals surface area (Å²) in [6, 6.07) is 0. The molecule has 0 unspecified atom stereocenters. The fourth-order valence-electron chi connectivity index (χ4n) is 0.930. The predicted molar refractivity (Wildman–Crippen MR) is 44.8 cm³/mol. The molecule has 1 aromatic heterocycles. The lowest BCUT2D eigenvalue weighted by Crippen LogP contribution is -2.21. The van der Waals surface area contributed by atoms with E-state index in [0.29, 0.717) is 0 Å². The third-order valence-electron chi connectivity index (χ3n) is 1.39. The topological polar surface area (TPSA) is 34.4 Å². The average Bonchev–Trinajstić information content (AvgIpc) is 2.30. The predicted octanol–water partition coefficient (Wildman–Crippen LogP) is 1.05. The zero-order valence-corrected chi connectivity index (χ0v) is 7.60. The minimum atomic E-state index is 0.0179. The van der Waals surface area contributed by atoms with Gasteiger partial charge >= 0.3 is 0 Å². The number of aromatic nitrogens is 1. The van der Waals surface area contributed by atoms with Crippen LogP contribution in [0.15, 0.2) is 10.4 Å². The molecule has 0 amide bonds. The van der Waals surface area contributed by atoms with Crippen LogP contribution in [0.4, 0.5) is 0 Å². The molecule has 0 fully saturated rings. The number of carbonyl (C=O) groups is 1. The lowest BCUT2D eigenvalue weighted by atomic mass is 10.5. The quantitative estimate of drug-likeness (QED) is 0.573. The second-order valence-corrected chi connectivity index (χ2v) is 3.07. The third-order valence-corrected chi connectivity index (χ3v) is 2.42. The van der Waals surface area contributed by atoms with Gasteiger partial charge in [0.25, 0.3) is 0 Å². The van der Waals surface area contributed by atoms with Crippen molar-refractivity contribution >= 4 is 17.2 Å². The maximum atomic E-state index is 11.0. The van der Waals surface area contributed by atoms with Crippen molar-refractivity contribution in [2.45, 2.75) is 13.8 Å². The Labute approximate surface area is 69.0 Å². The third kappa shape index (κ3) is 1.40. The molecule has 60 valence electrons. The zero-order valence-electron chi connectivity index (χ0n) is 6.79. The smallest absolute Gasteiger partial charge is 0.229 e. The molecule has 0 N–H and O–H groups in total. The van der Waals surface area contributed by atoms with Gasteiger partial charge in [-0.2, -0.15) is 0 Å².